The molecule has 7 atom stereocenters. The van der Waals surface area contributed by atoms with Crippen LogP contribution in [0, 0.1) is 28.6 Å². The number of carboxylic acids is 2. The van der Waals surface area contributed by atoms with E-state index in [1.165, 1.54) is 13.0 Å². The fraction of sp³-hybridized carbons (Fsp3) is 0.632. The zero-order chi connectivity index (χ0) is 19.2. The van der Waals surface area contributed by atoms with E-state index in [-0.39, 0.29) is 18.8 Å². The minimum Gasteiger partial charge on any atom is -0.550 e. The van der Waals surface area contributed by atoms with Crippen LogP contribution in [0.2, 0.25) is 0 Å². The molecule has 0 amide bonds. The largest absolute Gasteiger partial charge is 0.550 e. The van der Waals surface area contributed by atoms with Gasteiger partial charge in [0.1, 0.15) is 6.10 Å². The van der Waals surface area contributed by atoms with Crippen LogP contribution in [-0.2, 0) is 14.4 Å². The Morgan fingerprint density at radius 1 is 1.35 bits per heavy atom. The van der Waals surface area contributed by atoms with Crippen LogP contribution in [0.25, 0.3) is 0 Å². The molecule has 3 fully saturated rings. The number of carbonyl (C=O) groups is 3. The summed E-state index contributed by atoms with van der Waals surface area (Å²) in [6.45, 7) is 5.08. The topological polar surface area (TPSA) is 138 Å². The maximum absolute atomic E-state index is 12.3. The molecule has 26 heavy (non-hydrogen) atoms. The molecule has 0 radical (unpaired) electrons. The maximum Gasteiger partial charge on any atom is 0.185 e. The van der Waals surface area contributed by atoms with Crippen LogP contribution < -0.4 is 10.2 Å². The Morgan fingerprint density at radius 3 is 2.58 bits per heavy atom. The molecule has 0 unspecified atom stereocenters. The summed E-state index contributed by atoms with van der Waals surface area (Å²) in [4.78, 5) is 36.4. The van der Waals surface area contributed by atoms with Crippen molar-refractivity contribution in [1.82, 2.24) is 0 Å². The van der Waals surface area contributed by atoms with Crippen molar-refractivity contribution in [3.63, 3.8) is 0 Å². The highest BCUT2D eigenvalue weighted by Crippen LogP contribution is 2.72. The average molecular weight is 360 g/mol. The smallest absolute Gasteiger partial charge is 0.185 e. The van der Waals surface area contributed by atoms with Gasteiger partial charge in [0.15, 0.2) is 5.78 Å². The van der Waals surface area contributed by atoms with E-state index in [1.54, 1.807) is 0 Å². The molecule has 4 aliphatic carbocycles. The molecule has 7 heteroatoms. The Morgan fingerprint density at radius 2 is 2.00 bits per heavy atom. The Hall–Kier alpha value is -1.99. The van der Waals surface area contributed by atoms with Gasteiger partial charge in [-0.2, -0.15) is 0 Å². The van der Waals surface area contributed by atoms with Crippen LogP contribution >= 0.6 is 0 Å². The highest BCUT2D eigenvalue weighted by molar-refractivity contribution is 6.00. The van der Waals surface area contributed by atoms with Gasteiger partial charge in [0.25, 0.3) is 0 Å². The van der Waals surface area contributed by atoms with Crippen LogP contribution in [0.4, 0.5) is 0 Å². The third kappa shape index (κ3) is 1.73. The van der Waals surface area contributed by atoms with Gasteiger partial charge >= 0.3 is 0 Å². The molecule has 0 aliphatic heterocycles. The summed E-state index contributed by atoms with van der Waals surface area (Å²) >= 11 is 0. The molecule has 7 nitrogen and oxygen atoms in total. The number of allylic oxidation sites excluding steroid dienone is 1. The lowest BCUT2D eigenvalue weighted by atomic mass is 9.60. The van der Waals surface area contributed by atoms with Crippen molar-refractivity contribution in [2.45, 2.75) is 44.3 Å². The fourth-order valence-corrected chi connectivity index (χ4v) is 6.35. The van der Waals surface area contributed by atoms with Crippen molar-refractivity contribution in [3.05, 3.63) is 23.8 Å². The van der Waals surface area contributed by atoms with Gasteiger partial charge in [-0.05, 0) is 48.7 Å². The number of hydrogen-bond donors (Lipinski definition) is 2. The number of carbonyl (C=O) groups excluding carboxylic acids is 3. The Labute approximate surface area is 150 Å². The number of ketones is 1. The van der Waals surface area contributed by atoms with E-state index in [9.17, 15) is 34.8 Å². The second-order valence-corrected chi connectivity index (χ2v) is 8.61. The van der Waals surface area contributed by atoms with Gasteiger partial charge in [0.05, 0.1) is 11.6 Å². The van der Waals surface area contributed by atoms with E-state index in [2.05, 4.69) is 6.58 Å². The minimum atomic E-state index is -2.07. The van der Waals surface area contributed by atoms with Gasteiger partial charge < -0.3 is 30.0 Å². The number of hydrogen-bond acceptors (Lipinski definition) is 7. The van der Waals surface area contributed by atoms with E-state index in [4.69, 9.17) is 0 Å². The van der Waals surface area contributed by atoms with E-state index in [1.807, 2.05) is 0 Å². The number of carboxylic acid groups (broad SMARTS) is 2. The SMILES string of the molecule is C=C1C[C@]23C[C@@]1(O)CC[C@H]2C1=CC(=O)[C@H](O)[C@@](C)(C(=O)[O-])[C@H]1[C@@H]3C(=O)[O-]. The summed E-state index contributed by atoms with van der Waals surface area (Å²) in [5.41, 5.74) is -3.25. The zero-order valence-corrected chi connectivity index (χ0v) is 14.4. The minimum absolute atomic E-state index is 0.142. The summed E-state index contributed by atoms with van der Waals surface area (Å²) in [6, 6.07) is 0. The predicted octanol–water partition coefficient (Wildman–Crippen LogP) is -1.91. The first-order chi connectivity index (χ1) is 12.0. The molecule has 4 rings (SSSR count). The molecule has 0 aromatic rings. The molecule has 1 spiro atoms. The Balaban J connectivity index is 1.98. The van der Waals surface area contributed by atoms with E-state index in [0.29, 0.717) is 24.0 Å². The highest BCUT2D eigenvalue weighted by Gasteiger charge is 2.71. The van der Waals surface area contributed by atoms with Gasteiger partial charge in [-0.3, -0.25) is 4.79 Å². The van der Waals surface area contributed by atoms with Crippen molar-refractivity contribution in [2.75, 3.05) is 0 Å². The summed E-state index contributed by atoms with van der Waals surface area (Å²) < 4.78 is 0. The molecule has 3 saturated carbocycles. The van der Waals surface area contributed by atoms with Crippen molar-refractivity contribution < 1.29 is 34.8 Å². The molecule has 0 heterocycles. The molecule has 0 saturated heterocycles. The van der Waals surface area contributed by atoms with Gasteiger partial charge in [-0.1, -0.05) is 19.1 Å². The molecule has 0 aromatic carbocycles. The zero-order valence-electron chi connectivity index (χ0n) is 14.4. The monoisotopic (exact) mass is 360 g/mol. The number of aliphatic hydroxyl groups is 2. The third-order valence-electron chi connectivity index (χ3n) is 7.56. The molecule has 0 aromatic heterocycles. The first kappa shape index (κ1) is 17.4. The third-order valence-corrected chi connectivity index (χ3v) is 7.56. The van der Waals surface area contributed by atoms with Crippen LogP contribution in [-0.4, -0.2) is 39.6 Å². The molecule has 4 aliphatic rings. The van der Waals surface area contributed by atoms with Gasteiger partial charge in [0.2, 0.25) is 0 Å². The van der Waals surface area contributed by atoms with Crippen molar-refractivity contribution in [2.24, 2.45) is 28.6 Å². The first-order valence-electron chi connectivity index (χ1n) is 8.75. The molecular formula is C19H20O7-2. The first-order valence-corrected chi connectivity index (χ1v) is 8.75. The van der Waals surface area contributed by atoms with Crippen LogP contribution in [0.5, 0.6) is 0 Å². The highest BCUT2D eigenvalue weighted by atomic mass is 16.4. The van der Waals surface area contributed by atoms with Crippen LogP contribution in [0.1, 0.15) is 32.6 Å². The van der Waals surface area contributed by atoms with E-state index < -0.39 is 52.1 Å². The van der Waals surface area contributed by atoms with Crippen LogP contribution in [0.15, 0.2) is 23.8 Å². The number of aliphatic carboxylic acids is 2. The summed E-state index contributed by atoms with van der Waals surface area (Å²) in [6.07, 6.45) is 0.496. The lowest BCUT2D eigenvalue weighted by molar-refractivity contribution is -0.330. The van der Waals surface area contributed by atoms with Crippen LogP contribution in [0.3, 0.4) is 0 Å². The predicted molar refractivity (Wildman–Crippen MR) is 82.7 cm³/mol. The molecule has 2 N–H and O–H groups in total. The maximum atomic E-state index is 12.3. The Bertz CT molecular complexity index is 798. The average Bonchev–Trinajstić information content (AvgIpc) is 2.92. The standard InChI is InChI=1S/C19H22O7/c1-8-6-18-7-19(8,26)4-3-10(18)9-5-11(20)14(21)17(2,16(24)25)12(9)13(18)15(22)23/h5,10,12-14,21,26H,1,3-4,6-7H2,2H3,(H,22,23)(H,24,25)/p-2/t10-,12+,13+,14-,17-,18-,19-/m0/s1. The lowest BCUT2D eigenvalue weighted by Crippen LogP contribution is -2.60. The van der Waals surface area contributed by atoms with Gasteiger partial charge in [-0.25, -0.2) is 0 Å². The van der Waals surface area contributed by atoms with Crippen molar-refractivity contribution >= 4 is 17.7 Å². The van der Waals surface area contributed by atoms with Gasteiger partial charge in [-0.15, -0.1) is 0 Å². The summed E-state index contributed by atoms with van der Waals surface area (Å²) in [5.74, 6) is -6.60. The lowest BCUT2D eigenvalue weighted by Gasteiger charge is -2.47. The number of rotatable bonds is 2. The number of fused-ring (bicyclic) bond motifs is 3. The molecule has 2 bridgehead atoms. The molecular weight excluding hydrogens is 340 g/mol. The normalized spacial score (nSPS) is 49.4. The summed E-state index contributed by atoms with van der Waals surface area (Å²) in [7, 11) is 0. The second-order valence-electron chi connectivity index (χ2n) is 8.61. The van der Waals surface area contributed by atoms with Crippen molar-refractivity contribution in [3.8, 4) is 0 Å². The quantitative estimate of drug-likeness (QED) is 0.548. The number of aliphatic hydroxyl groups excluding tert-OH is 1. The summed E-state index contributed by atoms with van der Waals surface area (Å²) in [5, 5.41) is 45.3. The Kier molecular flexibility index (Phi) is 3.24. The molecule has 140 valence electrons. The van der Waals surface area contributed by atoms with Gasteiger partial charge in [0, 0.05) is 23.2 Å². The van der Waals surface area contributed by atoms with E-state index in [0.717, 1.165) is 0 Å². The van der Waals surface area contributed by atoms with Crippen molar-refractivity contribution in [1.29, 1.82) is 0 Å². The van der Waals surface area contributed by atoms with E-state index >= 15 is 0 Å². The second kappa shape index (κ2) is 4.84. The fourth-order valence-electron chi connectivity index (χ4n) is 6.35.